The zero-order valence-corrected chi connectivity index (χ0v) is 15.0. The van der Waals surface area contributed by atoms with E-state index >= 15 is 0 Å². The molecule has 3 rings (SSSR count). The van der Waals surface area contributed by atoms with Gasteiger partial charge < -0.3 is 15.4 Å². The summed E-state index contributed by atoms with van der Waals surface area (Å²) in [7, 11) is 0. The Morgan fingerprint density at radius 2 is 2.00 bits per heavy atom. The average molecular weight is 436 g/mol. The van der Waals surface area contributed by atoms with Crippen molar-refractivity contribution in [1.29, 1.82) is 0 Å². The molecular formula is C16H11BrFN5O4. The molecular weight excluding hydrogens is 425 g/mol. The Hall–Kier alpha value is -3.47. The van der Waals surface area contributed by atoms with Crippen LogP contribution in [0.1, 0.15) is 16.1 Å². The Morgan fingerprint density at radius 3 is 2.70 bits per heavy atom. The monoisotopic (exact) mass is 435 g/mol. The molecule has 0 amide bonds. The first-order valence-corrected chi connectivity index (χ1v) is 8.17. The highest BCUT2D eigenvalue weighted by molar-refractivity contribution is 9.10. The van der Waals surface area contributed by atoms with Crippen LogP contribution < -0.4 is 10.8 Å². The summed E-state index contributed by atoms with van der Waals surface area (Å²) < 4.78 is 18.1. The maximum absolute atomic E-state index is 13.3. The van der Waals surface area contributed by atoms with Crippen molar-refractivity contribution in [1.82, 2.24) is 10.3 Å². The number of halogens is 2. The lowest BCUT2D eigenvalue weighted by molar-refractivity contribution is 0.0593. The minimum atomic E-state index is -0.664. The predicted molar refractivity (Wildman–Crippen MR) is 95.8 cm³/mol. The lowest BCUT2D eigenvalue weighted by Gasteiger charge is -2.08. The van der Waals surface area contributed by atoms with Gasteiger partial charge in [-0.05, 0) is 56.6 Å². The molecule has 0 aliphatic heterocycles. The summed E-state index contributed by atoms with van der Waals surface area (Å²) in [6, 6.07) is 12.3. The quantitative estimate of drug-likeness (QED) is 0.241. The Labute approximate surface area is 159 Å². The van der Waals surface area contributed by atoms with Gasteiger partial charge in [0.25, 0.3) is 0 Å². The second kappa shape index (κ2) is 8.27. The number of oxime groups is 1. The molecule has 9 nitrogen and oxygen atoms in total. The van der Waals surface area contributed by atoms with E-state index in [2.05, 4.69) is 46.8 Å². The zero-order chi connectivity index (χ0) is 19.2. The van der Waals surface area contributed by atoms with Crippen LogP contribution >= 0.6 is 15.9 Å². The summed E-state index contributed by atoms with van der Waals surface area (Å²) in [5, 5.41) is 22.2. The lowest BCUT2D eigenvalue weighted by atomic mass is 10.2. The third kappa shape index (κ3) is 4.39. The number of benzene rings is 2. The molecule has 3 aromatic rings. The molecule has 138 valence electrons. The van der Waals surface area contributed by atoms with Crippen LogP contribution in [-0.4, -0.2) is 27.3 Å². The van der Waals surface area contributed by atoms with E-state index in [1.165, 1.54) is 18.2 Å². The van der Waals surface area contributed by atoms with E-state index < -0.39 is 11.8 Å². The van der Waals surface area contributed by atoms with Gasteiger partial charge in [-0.3, -0.25) is 0 Å². The SMILES string of the molecule is O=C(ONc1nonc1/C(=N/O)Nc1ccc(F)c(Br)c1)c1ccccc1. The smallest absolute Gasteiger partial charge is 0.362 e. The zero-order valence-electron chi connectivity index (χ0n) is 13.4. The average Bonchev–Trinajstić information content (AvgIpc) is 3.16. The second-order valence-electron chi connectivity index (χ2n) is 5.02. The van der Waals surface area contributed by atoms with Crippen molar-refractivity contribution in [2.24, 2.45) is 5.16 Å². The molecule has 0 fully saturated rings. The van der Waals surface area contributed by atoms with E-state index in [0.29, 0.717) is 11.3 Å². The van der Waals surface area contributed by atoms with E-state index in [0.717, 1.165) is 0 Å². The van der Waals surface area contributed by atoms with Gasteiger partial charge in [-0.1, -0.05) is 23.4 Å². The van der Waals surface area contributed by atoms with Gasteiger partial charge in [0.05, 0.1) is 10.0 Å². The summed E-state index contributed by atoms with van der Waals surface area (Å²) in [6.45, 7) is 0. The number of nitrogens with zero attached hydrogens (tertiary/aromatic N) is 3. The molecule has 0 radical (unpaired) electrons. The van der Waals surface area contributed by atoms with Crippen LogP contribution in [0.25, 0.3) is 0 Å². The van der Waals surface area contributed by atoms with Gasteiger partial charge in [-0.15, -0.1) is 0 Å². The number of nitrogens with one attached hydrogen (secondary N) is 2. The van der Waals surface area contributed by atoms with E-state index in [9.17, 15) is 14.4 Å². The van der Waals surface area contributed by atoms with Crippen LogP contribution in [0.2, 0.25) is 0 Å². The van der Waals surface area contributed by atoms with Crippen molar-refractivity contribution in [3.63, 3.8) is 0 Å². The van der Waals surface area contributed by atoms with Gasteiger partial charge in [0.2, 0.25) is 17.3 Å². The number of anilines is 2. The summed E-state index contributed by atoms with van der Waals surface area (Å²) in [4.78, 5) is 16.9. The fraction of sp³-hybridized carbons (Fsp3) is 0. The van der Waals surface area contributed by atoms with Crippen LogP contribution in [0.4, 0.5) is 15.9 Å². The summed E-state index contributed by atoms with van der Waals surface area (Å²) in [5.74, 6) is -1.41. The topological polar surface area (TPSA) is 122 Å². The number of amidine groups is 1. The molecule has 3 N–H and O–H groups in total. The highest BCUT2D eigenvalue weighted by Crippen LogP contribution is 2.21. The predicted octanol–water partition coefficient (Wildman–Crippen LogP) is 3.40. The van der Waals surface area contributed by atoms with Gasteiger partial charge in [-0.2, -0.15) is 5.48 Å². The van der Waals surface area contributed by atoms with Gasteiger partial charge >= 0.3 is 5.97 Å². The van der Waals surface area contributed by atoms with Crippen molar-refractivity contribution in [3.8, 4) is 0 Å². The third-order valence-corrected chi connectivity index (χ3v) is 3.85. The molecule has 1 heterocycles. The Morgan fingerprint density at radius 1 is 1.22 bits per heavy atom. The second-order valence-corrected chi connectivity index (χ2v) is 5.88. The number of rotatable bonds is 5. The first kappa shape index (κ1) is 18.3. The molecule has 0 aliphatic carbocycles. The normalized spacial score (nSPS) is 11.1. The Bertz CT molecular complexity index is 980. The maximum atomic E-state index is 13.3. The summed E-state index contributed by atoms with van der Waals surface area (Å²) >= 11 is 3.05. The van der Waals surface area contributed by atoms with Crippen LogP contribution in [-0.2, 0) is 4.84 Å². The van der Waals surface area contributed by atoms with E-state index in [1.54, 1.807) is 30.3 Å². The van der Waals surface area contributed by atoms with E-state index in [1.807, 2.05) is 0 Å². The molecule has 0 spiro atoms. The van der Waals surface area contributed by atoms with Crippen LogP contribution in [0, 0.1) is 5.82 Å². The van der Waals surface area contributed by atoms with Crippen molar-refractivity contribution in [3.05, 3.63) is 70.1 Å². The highest BCUT2D eigenvalue weighted by atomic mass is 79.9. The molecule has 0 atom stereocenters. The first-order valence-electron chi connectivity index (χ1n) is 7.38. The Balaban J connectivity index is 1.72. The molecule has 0 saturated heterocycles. The highest BCUT2D eigenvalue weighted by Gasteiger charge is 2.20. The number of aromatic nitrogens is 2. The molecule has 2 aromatic carbocycles. The van der Waals surface area contributed by atoms with Gasteiger partial charge in [0.1, 0.15) is 5.82 Å². The van der Waals surface area contributed by atoms with E-state index in [-0.39, 0.29) is 21.8 Å². The van der Waals surface area contributed by atoms with Gasteiger partial charge in [-0.25, -0.2) is 13.8 Å². The molecule has 0 saturated carbocycles. The maximum Gasteiger partial charge on any atom is 0.362 e. The Kier molecular flexibility index (Phi) is 5.61. The summed E-state index contributed by atoms with van der Waals surface area (Å²) in [6.07, 6.45) is 0. The van der Waals surface area contributed by atoms with Gasteiger partial charge in [0, 0.05) is 5.69 Å². The number of hydrogen-bond acceptors (Lipinski definition) is 8. The molecule has 1 aromatic heterocycles. The molecule has 0 unspecified atom stereocenters. The largest absolute Gasteiger partial charge is 0.409 e. The number of carbonyl (C=O) groups is 1. The van der Waals surface area contributed by atoms with Crippen molar-refractivity contribution < 1.29 is 23.9 Å². The molecule has 0 aliphatic rings. The molecule has 0 bridgehead atoms. The minimum Gasteiger partial charge on any atom is -0.409 e. The van der Waals surface area contributed by atoms with Crippen LogP contribution in [0.15, 0.2) is 62.8 Å². The van der Waals surface area contributed by atoms with Crippen molar-refractivity contribution in [2.75, 3.05) is 10.8 Å². The third-order valence-electron chi connectivity index (χ3n) is 3.25. The first-order chi connectivity index (χ1) is 13.1. The number of hydrogen-bond donors (Lipinski definition) is 3. The minimum absolute atomic E-state index is 0.0705. The van der Waals surface area contributed by atoms with Crippen molar-refractivity contribution >= 4 is 39.2 Å². The fourth-order valence-corrected chi connectivity index (χ4v) is 2.36. The van der Waals surface area contributed by atoms with Crippen molar-refractivity contribution in [2.45, 2.75) is 0 Å². The van der Waals surface area contributed by atoms with Crippen LogP contribution in [0.5, 0.6) is 0 Å². The standard InChI is InChI=1S/C16H11BrFN5O4/c17-11-8-10(6-7-12(11)18)19-14(20-25)13-15(23-27-21-13)22-26-16(24)9-4-2-1-3-5-9/h1-8,25H,(H,19,20)(H,22,23). The molecule has 11 heteroatoms. The lowest BCUT2D eigenvalue weighted by Crippen LogP contribution is -2.18. The van der Waals surface area contributed by atoms with Gasteiger partial charge in [0.15, 0.2) is 0 Å². The van der Waals surface area contributed by atoms with E-state index in [4.69, 9.17) is 4.84 Å². The molecule has 27 heavy (non-hydrogen) atoms. The van der Waals surface area contributed by atoms with Crippen LogP contribution in [0.3, 0.4) is 0 Å². The number of carbonyl (C=O) groups excluding carboxylic acids is 1. The fourth-order valence-electron chi connectivity index (χ4n) is 1.98. The summed E-state index contributed by atoms with van der Waals surface area (Å²) in [5.41, 5.74) is 2.93.